The van der Waals surface area contributed by atoms with E-state index in [1.165, 1.54) is 5.56 Å². The third-order valence-corrected chi connectivity index (χ3v) is 5.12. The standard InChI is InChI=1S/C27H30N2O2/c1-19(2)28-26(30)17-23-9-7-10-24(16-23)29(18-22-14-12-20(3)13-15-22)27(31)25-11-6-5-8-21(25)4/h5-16,19H,17-18H2,1-4H3,(H,28,30). The summed E-state index contributed by atoms with van der Waals surface area (Å²) in [5, 5.41) is 2.92. The van der Waals surface area contributed by atoms with E-state index in [0.29, 0.717) is 12.1 Å². The number of anilines is 1. The quantitative estimate of drug-likeness (QED) is 0.576. The predicted molar refractivity (Wildman–Crippen MR) is 126 cm³/mol. The number of amides is 2. The Balaban J connectivity index is 1.95. The van der Waals surface area contributed by atoms with Gasteiger partial charge in [0, 0.05) is 17.3 Å². The van der Waals surface area contributed by atoms with Gasteiger partial charge in [0.15, 0.2) is 0 Å². The molecule has 0 heterocycles. The second kappa shape index (κ2) is 10.1. The van der Waals surface area contributed by atoms with E-state index in [0.717, 1.165) is 22.4 Å². The molecule has 3 rings (SSSR count). The predicted octanol–water partition coefficient (Wildman–Crippen LogP) is 5.22. The summed E-state index contributed by atoms with van der Waals surface area (Å²) >= 11 is 0. The second-order valence-corrected chi connectivity index (χ2v) is 8.26. The number of nitrogens with one attached hydrogen (secondary N) is 1. The molecule has 0 radical (unpaired) electrons. The highest BCUT2D eigenvalue weighted by Gasteiger charge is 2.20. The Labute approximate surface area is 184 Å². The Hall–Kier alpha value is -3.40. The number of benzene rings is 3. The van der Waals surface area contributed by atoms with Gasteiger partial charge in [0.25, 0.3) is 5.91 Å². The lowest BCUT2D eigenvalue weighted by Crippen LogP contribution is -2.32. The van der Waals surface area contributed by atoms with Crippen molar-refractivity contribution in [2.45, 2.75) is 46.7 Å². The van der Waals surface area contributed by atoms with E-state index in [-0.39, 0.29) is 24.3 Å². The molecule has 160 valence electrons. The summed E-state index contributed by atoms with van der Waals surface area (Å²) < 4.78 is 0. The monoisotopic (exact) mass is 414 g/mol. The van der Waals surface area contributed by atoms with Crippen LogP contribution < -0.4 is 10.2 Å². The number of nitrogens with zero attached hydrogens (tertiary/aromatic N) is 1. The zero-order chi connectivity index (χ0) is 22.4. The van der Waals surface area contributed by atoms with Crippen LogP contribution in [0.3, 0.4) is 0 Å². The van der Waals surface area contributed by atoms with Crippen molar-refractivity contribution < 1.29 is 9.59 Å². The lowest BCUT2D eigenvalue weighted by Gasteiger charge is -2.25. The maximum atomic E-state index is 13.6. The third-order valence-electron chi connectivity index (χ3n) is 5.12. The van der Waals surface area contributed by atoms with E-state index in [4.69, 9.17) is 0 Å². The molecular weight excluding hydrogens is 384 g/mol. The van der Waals surface area contributed by atoms with Crippen LogP contribution in [-0.4, -0.2) is 17.9 Å². The fourth-order valence-corrected chi connectivity index (χ4v) is 3.51. The third kappa shape index (κ3) is 6.05. The van der Waals surface area contributed by atoms with Crippen molar-refractivity contribution in [1.82, 2.24) is 5.32 Å². The highest BCUT2D eigenvalue weighted by molar-refractivity contribution is 6.07. The SMILES string of the molecule is Cc1ccc(CN(C(=O)c2ccccc2C)c2cccc(CC(=O)NC(C)C)c2)cc1. The summed E-state index contributed by atoms with van der Waals surface area (Å²) in [6.07, 6.45) is 0.281. The van der Waals surface area contributed by atoms with Gasteiger partial charge >= 0.3 is 0 Å². The second-order valence-electron chi connectivity index (χ2n) is 8.26. The van der Waals surface area contributed by atoms with Crippen molar-refractivity contribution in [3.8, 4) is 0 Å². The number of aryl methyl sites for hydroxylation is 2. The Morgan fingerprint density at radius 1 is 0.871 bits per heavy atom. The van der Waals surface area contributed by atoms with Crippen LogP contribution >= 0.6 is 0 Å². The summed E-state index contributed by atoms with van der Waals surface area (Å²) in [6.45, 7) is 8.34. The minimum absolute atomic E-state index is 0.0255. The fraction of sp³-hybridized carbons (Fsp3) is 0.259. The molecule has 0 fully saturated rings. The average molecular weight is 415 g/mol. The number of carbonyl (C=O) groups is 2. The minimum Gasteiger partial charge on any atom is -0.354 e. The average Bonchev–Trinajstić information content (AvgIpc) is 2.73. The minimum atomic E-state index is -0.0533. The van der Waals surface area contributed by atoms with Gasteiger partial charge in [-0.15, -0.1) is 0 Å². The molecular formula is C27H30N2O2. The highest BCUT2D eigenvalue weighted by atomic mass is 16.2. The van der Waals surface area contributed by atoms with E-state index < -0.39 is 0 Å². The summed E-state index contributed by atoms with van der Waals surface area (Å²) in [4.78, 5) is 27.6. The van der Waals surface area contributed by atoms with Crippen molar-refractivity contribution in [1.29, 1.82) is 0 Å². The molecule has 3 aromatic carbocycles. The largest absolute Gasteiger partial charge is 0.354 e. The van der Waals surface area contributed by atoms with Crippen molar-refractivity contribution in [3.05, 3.63) is 101 Å². The van der Waals surface area contributed by atoms with E-state index in [1.807, 2.05) is 88.4 Å². The van der Waals surface area contributed by atoms with Gasteiger partial charge in [0.05, 0.1) is 13.0 Å². The van der Waals surface area contributed by atoms with E-state index in [1.54, 1.807) is 4.90 Å². The number of hydrogen-bond acceptors (Lipinski definition) is 2. The van der Waals surface area contributed by atoms with Crippen LogP contribution in [0.25, 0.3) is 0 Å². The smallest absolute Gasteiger partial charge is 0.258 e. The molecule has 1 N–H and O–H groups in total. The van der Waals surface area contributed by atoms with Gasteiger partial charge in [-0.25, -0.2) is 0 Å². The molecule has 2 amide bonds. The van der Waals surface area contributed by atoms with Crippen LogP contribution in [0.15, 0.2) is 72.8 Å². The van der Waals surface area contributed by atoms with Gasteiger partial charge in [0.1, 0.15) is 0 Å². The van der Waals surface area contributed by atoms with Crippen LogP contribution in [0.5, 0.6) is 0 Å². The van der Waals surface area contributed by atoms with Gasteiger partial charge in [-0.2, -0.15) is 0 Å². The van der Waals surface area contributed by atoms with Crippen molar-refractivity contribution in [3.63, 3.8) is 0 Å². The molecule has 0 atom stereocenters. The molecule has 0 saturated heterocycles. The van der Waals surface area contributed by atoms with Crippen LogP contribution in [0.2, 0.25) is 0 Å². The molecule has 3 aromatic rings. The van der Waals surface area contributed by atoms with Crippen molar-refractivity contribution in [2.24, 2.45) is 0 Å². The molecule has 0 aliphatic rings. The molecule has 31 heavy (non-hydrogen) atoms. The summed E-state index contributed by atoms with van der Waals surface area (Å²) in [6, 6.07) is 23.6. The Bertz CT molecular complexity index is 1050. The molecule has 4 nitrogen and oxygen atoms in total. The molecule has 0 aromatic heterocycles. The fourth-order valence-electron chi connectivity index (χ4n) is 3.51. The molecule has 0 saturated carbocycles. The van der Waals surface area contributed by atoms with Gasteiger partial charge in [-0.1, -0.05) is 60.2 Å². The van der Waals surface area contributed by atoms with Crippen molar-refractivity contribution >= 4 is 17.5 Å². The molecule has 0 bridgehead atoms. The van der Waals surface area contributed by atoms with Gasteiger partial charge in [0.2, 0.25) is 5.91 Å². The zero-order valence-electron chi connectivity index (χ0n) is 18.7. The lowest BCUT2D eigenvalue weighted by atomic mass is 10.0. The van der Waals surface area contributed by atoms with E-state index in [2.05, 4.69) is 17.4 Å². The maximum Gasteiger partial charge on any atom is 0.258 e. The summed E-state index contributed by atoms with van der Waals surface area (Å²) in [7, 11) is 0. The van der Waals surface area contributed by atoms with E-state index >= 15 is 0 Å². The Kier molecular flexibility index (Phi) is 7.24. The number of hydrogen-bond donors (Lipinski definition) is 1. The summed E-state index contributed by atoms with van der Waals surface area (Å²) in [5.41, 5.74) is 5.51. The van der Waals surface area contributed by atoms with Crippen LogP contribution in [0, 0.1) is 13.8 Å². The zero-order valence-corrected chi connectivity index (χ0v) is 18.7. The van der Waals surface area contributed by atoms with Crippen LogP contribution in [0.4, 0.5) is 5.69 Å². The van der Waals surface area contributed by atoms with Crippen LogP contribution in [0.1, 0.15) is 46.5 Å². The normalized spacial score (nSPS) is 10.7. The first-order valence-electron chi connectivity index (χ1n) is 10.6. The number of carbonyl (C=O) groups excluding carboxylic acids is 2. The van der Waals surface area contributed by atoms with Crippen LogP contribution in [-0.2, 0) is 17.8 Å². The topological polar surface area (TPSA) is 49.4 Å². The molecule has 0 aliphatic carbocycles. The van der Waals surface area contributed by atoms with E-state index in [9.17, 15) is 9.59 Å². The highest BCUT2D eigenvalue weighted by Crippen LogP contribution is 2.23. The molecule has 0 spiro atoms. The van der Waals surface area contributed by atoms with Gasteiger partial charge in [-0.05, 0) is 62.6 Å². The molecule has 0 aliphatic heterocycles. The van der Waals surface area contributed by atoms with Crippen molar-refractivity contribution in [2.75, 3.05) is 4.90 Å². The first kappa shape index (κ1) is 22.3. The van der Waals surface area contributed by atoms with Gasteiger partial charge in [-0.3, -0.25) is 9.59 Å². The molecule has 4 heteroatoms. The Morgan fingerprint density at radius 3 is 2.26 bits per heavy atom. The van der Waals surface area contributed by atoms with Gasteiger partial charge < -0.3 is 10.2 Å². The molecule has 0 unspecified atom stereocenters. The lowest BCUT2D eigenvalue weighted by molar-refractivity contribution is -0.120. The number of rotatable bonds is 7. The maximum absolute atomic E-state index is 13.6. The summed E-state index contributed by atoms with van der Waals surface area (Å²) in [5.74, 6) is -0.0788. The first-order valence-corrected chi connectivity index (χ1v) is 10.6. The Morgan fingerprint density at radius 2 is 1.58 bits per heavy atom. The first-order chi connectivity index (χ1) is 14.8.